The predicted octanol–water partition coefficient (Wildman–Crippen LogP) is 7.32. The second kappa shape index (κ2) is 8.44. The molecule has 0 saturated heterocycles. The molecule has 0 fully saturated rings. The van der Waals surface area contributed by atoms with Gasteiger partial charge in [0.2, 0.25) is 0 Å². The fourth-order valence-electron chi connectivity index (χ4n) is 3.14. The molecule has 0 radical (unpaired) electrons. The van der Waals surface area contributed by atoms with Crippen molar-refractivity contribution in [3.05, 3.63) is 76.8 Å². The number of aryl methyl sites for hydroxylation is 1. The first-order valence-corrected chi connectivity index (χ1v) is 10.8. The number of anilines is 1. The van der Waals surface area contributed by atoms with E-state index in [0.717, 1.165) is 33.1 Å². The minimum Gasteiger partial charge on any atom is -0.491 e. The lowest BCUT2D eigenvalue weighted by Crippen LogP contribution is -2.09. The Kier molecular flexibility index (Phi) is 5.74. The van der Waals surface area contributed by atoms with Gasteiger partial charge < -0.3 is 10.1 Å². The Bertz CT molecular complexity index is 1140. The van der Waals surface area contributed by atoms with Gasteiger partial charge in [0.1, 0.15) is 10.8 Å². The van der Waals surface area contributed by atoms with Crippen molar-refractivity contribution in [2.45, 2.75) is 33.4 Å². The predicted molar refractivity (Wildman–Crippen MR) is 124 cm³/mol. The molecule has 3 nitrogen and oxygen atoms in total. The molecule has 0 aliphatic heterocycles. The quantitative estimate of drug-likeness (QED) is 0.353. The number of nitrogens with zero attached hydrogens (tertiary/aromatic N) is 1. The number of fused-ring (bicyclic) bond motifs is 1. The largest absolute Gasteiger partial charge is 0.491 e. The fourth-order valence-corrected chi connectivity index (χ4v) is 4.40. The van der Waals surface area contributed by atoms with Crippen LogP contribution >= 0.6 is 22.9 Å². The second-order valence-corrected chi connectivity index (χ2v) is 8.81. The molecule has 29 heavy (non-hydrogen) atoms. The van der Waals surface area contributed by atoms with Crippen molar-refractivity contribution in [1.29, 1.82) is 0 Å². The molecule has 0 bridgehead atoms. The van der Waals surface area contributed by atoms with Crippen LogP contribution < -0.4 is 10.1 Å². The van der Waals surface area contributed by atoms with Crippen molar-refractivity contribution in [1.82, 2.24) is 4.98 Å². The molecule has 0 spiro atoms. The van der Waals surface area contributed by atoms with Crippen LogP contribution in [0.25, 0.3) is 20.8 Å². The topological polar surface area (TPSA) is 34.2 Å². The first-order chi connectivity index (χ1) is 14.0. The normalized spacial score (nSPS) is 11.2. The minimum atomic E-state index is 0.117. The highest BCUT2D eigenvalue weighted by molar-refractivity contribution is 7.21. The summed E-state index contributed by atoms with van der Waals surface area (Å²) in [6.07, 6.45) is 0.117. The van der Waals surface area contributed by atoms with Crippen LogP contribution in [0.15, 0.2) is 60.7 Å². The molecule has 5 heteroatoms. The minimum absolute atomic E-state index is 0.117. The van der Waals surface area contributed by atoms with E-state index in [1.165, 1.54) is 10.3 Å². The Hall–Kier alpha value is -2.56. The van der Waals surface area contributed by atoms with Crippen LogP contribution in [0.3, 0.4) is 0 Å². The molecule has 0 saturated carbocycles. The molecule has 0 amide bonds. The number of benzene rings is 3. The number of nitrogens with one attached hydrogen (secondary N) is 1. The number of halogens is 1. The Morgan fingerprint density at radius 3 is 2.59 bits per heavy atom. The summed E-state index contributed by atoms with van der Waals surface area (Å²) in [5.74, 6) is 0.860. The molecule has 1 aromatic heterocycles. The van der Waals surface area contributed by atoms with E-state index in [-0.39, 0.29) is 6.10 Å². The lowest BCUT2D eigenvalue weighted by molar-refractivity contribution is 0.240. The van der Waals surface area contributed by atoms with E-state index < -0.39 is 0 Å². The lowest BCUT2D eigenvalue weighted by atomic mass is 10.1. The summed E-state index contributed by atoms with van der Waals surface area (Å²) >= 11 is 7.90. The van der Waals surface area contributed by atoms with E-state index >= 15 is 0 Å². The van der Waals surface area contributed by atoms with Gasteiger partial charge in [-0.2, -0.15) is 0 Å². The maximum Gasteiger partial charge on any atom is 0.124 e. The van der Waals surface area contributed by atoms with E-state index in [1.54, 1.807) is 11.3 Å². The van der Waals surface area contributed by atoms with Crippen molar-refractivity contribution in [3.8, 4) is 16.3 Å². The molecule has 0 atom stereocenters. The number of hydrogen-bond donors (Lipinski definition) is 1. The van der Waals surface area contributed by atoms with Crippen molar-refractivity contribution in [2.24, 2.45) is 0 Å². The van der Waals surface area contributed by atoms with E-state index in [4.69, 9.17) is 21.3 Å². The van der Waals surface area contributed by atoms with Gasteiger partial charge in [-0.15, -0.1) is 11.3 Å². The average Bonchev–Trinajstić information content (AvgIpc) is 3.11. The number of ether oxygens (including phenoxy) is 1. The summed E-state index contributed by atoms with van der Waals surface area (Å²) in [6, 6.07) is 20.5. The zero-order chi connectivity index (χ0) is 20.4. The molecule has 3 aromatic carbocycles. The molecular formula is C24H23ClN2OS. The standard InChI is InChI=1S/C24H23ClN2OS/c1-15(2)28-22-11-7-19(25)13-18(22)14-26-20-8-5-17(6-9-20)24-27-21-10-4-16(3)12-23(21)29-24/h4-13,15,26H,14H2,1-3H3. The molecule has 0 unspecified atom stereocenters. The highest BCUT2D eigenvalue weighted by Gasteiger charge is 2.09. The Labute approximate surface area is 180 Å². The van der Waals surface area contributed by atoms with Gasteiger partial charge >= 0.3 is 0 Å². The number of hydrogen-bond acceptors (Lipinski definition) is 4. The summed E-state index contributed by atoms with van der Waals surface area (Å²) in [5, 5.41) is 5.21. The highest BCUT2D eigenvalue weighted by Crippen LogP contribution is 2.31. The van der Waals surface area contributed by atoms with Gasteiger partial charge in [-0.1, -0.05) is 17.7 Å². The molecular weight excluding hydrogens is 400 g/mol. The zero-order valence-corrected chi connectivity index (χ0v) is 18.3. The van der Waals surface area contributed by atoms with E-state index in [0.29, 0.717) is 11.6 Å². The third-order valence-corrected chi connectivity index (χ3v) is 5.85. The number of thiazole rings is 1. The molecule has 148 valence electrons. The molecule has 1 N–H and O–H groups in total. The van der Waals surface area contributed by atoms with Crippen LogP contribution in [0.4, 0.5) is 5.69 Å². The van der Waals surface area contributed by atoms with Gasteiger partial charge in [-0.3, -0.25) is 0 Å². The molecule has 0 aliphatic rings. The molecule has 1 heterocycles. The Balaban J connectivity index is 1.49. The van der Waals surface area contributed by atoms with Crippen molar-refractivity contribution >= 4 is 38.8 Å². The van der Waals surface area contributed by atoms with Gasteiger partial charge in [0.05, 0.1) is 16.3 Å². The maximum atomic E-state index is 6.18. The third kappa shape index (κ3) is 4.72. The third-order valence-electron chi connectivity index (χ3n) is 4.54. The first-order valence-electron chi connectivity index (χ1n) is 9.64. The van der Waals surface area contributed by atoms with Crippen LogP contribution in [0.2, 0.25) is 5.02 Å². The van der Waals surface area contributed by atoms with E-state index in [9.17, 15) is 0 Å². The van der Waals surface area contributed by atoms with Gasteiger partial charge in [0.25, 0.3) is 0 Å². The monoisotopic (exact) mass is 422 g/mol. The van der Waals surface area contributed by atoms with Crippen molar-refractivity contribution in [2.75, 3.05) is 5.32 Å². The number of aromatic nitrogens is 1. The highest BCUT2D eigenvalue weighted by atomic mass is 35.5. The Morgan fingerprint density at radius 1 is 1.03 bits per heavy atom. The lowest BCUT2D eigenvalue weighted by Gasteiger charge is -2.15. The summed E-state index contributed by atoms with van der Waals surface area (Å²) in [6.45, 7) is 6.79. The van der Waals surface area contributed by atoms with Gasteiger partial charge in [-0.25, -0.2) is 4.98 Å². The van der Waals surface area contributed by atoms with E-state index in [2.05, 4.69) is 54.7 Å². The maximum absolute atomic E-state index is 6.18. The molecule has 0 aliphatic carbocycles. The summed E-state index contributed by atoms with van der Waals surface area (Å²) < 4.78 is 7.12. The fraction of sp³-hybridized carbons (Fsp3) is 0.208. The van der Waals surface area contributed by atoms with Crippen LogP contribution in [0, 0.1) is 6.92 Å². The first kappa shape index (κ1) is 19.7. The zero-order valence-electron chi connectivity index (χ0n) is 16.7. The summed E-state index contributed by atoms with van der Waals surface area (Å²) in [5.41, 5.74) is 5.52. The average molecular weight is 423 g/mol. The van der Waals surface area contributed by atoms with Gasteiger partial charge in [-0.05, 0) is 80.9 Å². The van der Waals surface area contributed by atoms with Crippen LogP contribution in [-0.2, 0) is 6.54 Å². The van der Waals surface area contributed by atoms with Crippen LogP contribution in [0.5, 0.6) is 5.75 Å². The van der Waals surface area contributed by atoms with Crippen molar-refractivity contribution in [3.63, 3.8) is 0 Å². The SMILES string of the molecule is Cc1ccc2nc(-c3ccc(NCc4cc(Cl)ccc4OC(C)C)cc3)sc2c1. The van der Waals surface area contributed by atoms with Gasteiger partial charge in [0, 0.05) is 28.4 Å². The van der Waals surface area contributed by atoms with Crippen molar-refractivity contribution < 1.29 is 4.74 Å². The Morgan fingerprint density at radius 2 is 1.83 bits per heavy atom. The van der Waals surface area contributed by atoms with E-state index in [1.807, 2.05) is 32.0 Å². The number of rotatable bonds is 6. The molecule has 4 rings (SSSR count). The van der Waals surface area contributed by atoms with Gasteiger partial charge in [0.15, 0.2) is 0 Å². The second-order valence-electron chi connectivity index (χ2n) is 7.34. The van der Waals surface area contributed by atoms with Crippen LogP contribution in [0.1, 0.15) is 25.0 Å². The smallest absolute Gasteiger partial charge is 0.124 e. The van der Waals surface area contributed by atoms with Crippen LogP contribution in [-0.4, -0.2) is 11.1 Å². The summed E-state index contributed by atoms with van der Waals surface area (Å²) in [7, 11) is 0. The summed E-state index contributed by atoms with van der Waals surface area (Å²) in [4.78, 5) is 4.76. The molecule has 4 aromatic rings.